The van der Waals surface area contributed by atoms with Gasteiger partial charge < -0.3 is 5.73 Å². The minimum absolute atomic E-state index is 0.0205. The maximum absolute atomic E-state index is 12.9. The molecular formula is C14H29N3O2S. The maximum atomic E-state index is 12.9. The maximum Gasteiger partial charge on any atom is 0.282 e. The first-order chi connectivity index (χ1) is 9.50. The van der Waals surface area contributed by atoms with Crippen molar-refractivity contribution in [3.8, 4) is 0 Å². The van der Waals surface area contributed by atoms with Gasteiger partial charge in [-0.1, -0.05) is 19.8 Å². The number of piperidine rings is 2. The molecule has 0 aromatic heterocycles. The molecule has 2 heterocycles. The van der Waals surface area contributed by atoms with Gasteiger partial charge in [-0.15, -0.1) is 0 Å². The average molecular weight is 303 g/mol. The molecule has 5 nitrogen and oxygen atoms in total. The molecule has 2 aliphatic rings. The molecule has 2 fully saturated rings. The molecule has 0 saturated carbocycles. The zero-order valence-corrected chi connectivity index (χ0v) is 13.6. The molecule has 6 heteroatoms. The molecule has 3 atom stereocenters. The van der Waals surface area contributed by atoms with Crippen molar-refractivity contribution in [3.05, 3.63) is 0 Å². The highest BCUT2D eigenvalue weighted by Crippen LogP contribution is 2.30. The first-order valence-electron chi connectivity index (χ1n) is 7.99. The minimum Gasteiger partial charge on any atom is -0.329 e. The summed E-state index contributed by atoms with van der Waals surface area (Å²) in [5, 5.41) is 0. The predicted molar refractivity (Wildman–Crippen MR) is 81.5 cm³/mol. The van der Waals surface area contributed by atoms with E-state index in [1.54, 1.807) is 8.61 Å². The predicted octanol–water partition coefficient (Wildman–Crippen LogP) is 1.55. The summed E-state index contributed by atoms with van der Waals surface area (Å²) < 4.78 is 29.2. The third kappa shape index (κ3) is 3.18. The van der Waals surface area contributed by atoms with E-state index in [2.05, 4.69) is 6.92 Å². The second-order valence-electron chi connectivity index (χ2n) is 6.26. The van der Waals surface area contributed by atoms with Gasteiger partial charge in [-0.25, -0.2) is 0 Å². The van der Waals surface area contributed by atoms with E-state index in [1.165, 1.54) is 0 Å². The highest BCUT2D eigenvalue weighted by Gasteiger charge is 2.40. The molecule has 0 aromatic rings. The molecule has 118 valence electrons. The van der Waals surface area contributed by atoms with Gasteiger partial charge in [0.1, 0.15) is 0 Å². The Bertz CT molecular complexity index is 413. The van der Waals surface area contributed by atoms with E-state index < -0.39 is 10.2 Å². The Hall–Kier alpha value is -0.170. The summed E-state index contributed by atoms with van der Waals surface area (Å²) in [5.41, 5.74) is 5.85. The van der Waals surface area contributed by atoms with Crippen LogP contribution >= 0.6 is 0 Å². The number of nitrogens with two attached hydrogens (primary N) is 1. The molecule has 3 unspecified atom stereocenters. The van der Waals surface area contributed by atoms with Crippen molar-refractivity contribution < 1.29 is 8.42 Å². The van der Waals surface area contributed by atoms with Gasteiger partial charge in [0, 0.05) is 31.7 Å². The summed E-state index contributed by atoms with van der Waals surface area (Å²) in [4.78, 5) is 0. The Morgan fingerprint density at radius 2 is 1.90 bits per heavy atom. The first kappa shape index (κ1) is 16.2. The summed E-state index contributed by atoms with van der Waals surface area (Å²) >= 11 is 0. The fourth-order valence-corrected chi connectivity index (χ4v) is 5.62. The number of rotatable bonds is 4. The second kappa shape index (κ2) is 6.73. The van der Waals surface area contributed by atoms with Crippen molar-refractivity contribution in [2.75, 3.05) is 19.6 Å². The highest BCUT2D eigenvalue weighted by molar-refractivity contribution is 7.86. The van der Waals surface area contributed by atoms with Gasteiger partial charge in [-0.3, -0.25) is 0 Å². The average Bonchev–Trinajstić information content (AvgIpc) is 2.46. The van der Waals surface area contributed by atoms with E-state index in [0.29, 0.717) is 25.6 Å². The molecule has 2 aliphatic heterocycles. The van der Waals surface area contributed by atoms with Gasteiger partial charge in [0.2, 0.25) is 0 Å². The SMILES string of the molecule is CCC1CCN(S(=O)(=O)N2CCCCC2C)C(CN)C1. The normalized spacial score (nSPS) is 34.2. The zero-order chi connectivity index (χ0) is 14.8. The van der Waals surface area contributed by atoms with Crippen LogP contribution in [0.25, 0.3) is 0 Å². The lowest BCUT2D eigenvalue weighted by molar-refractivity contribution is 0.171. The monoisotopic (exact) mass is 303 g/mol. The first-order valence-corrected chi connectivity index (χ1v) is 9.39. The van der Waals surface area contributed by atoms with Crippen molar-refractivity contribution in [2.24, 2.45) is 11.7 Å². The fourth-order valence-electron chi connectivity index (χ4n) is 3.55. The molecular weight excluding hydrogens is 274 g/mol. The van der Waals surface area contributed by atoms with Crippen LogP contribution in [0.4, 0.5) is 0 Å². The summed E-state index contributed by atoms with van der Waals surface area (Å²) in [5.74, 6) is 0.619. The van der Waals surface area contributed by atoms with Crippen LogP contribution < -0.4 is 5.73 Å². The molecule has 0 aromatic carbocycles. The molecule has 2 saturated heterocycles. The van der Waals surface area contributed by atoms with Crippen LogP contribution in [0, 0.1) is 5.92 Å². The topological polar surface area (TPSA) is 66.6 Å². The molecule has 0 radical (unpaired) electrons. The van der Waals surface area contributed by atoms with Crippen molar-refractivity contribution in [1.29, 1.82) is 0 Å². The van der Waals surface area contributed by atoms with Crippen LogP contribution in [0.15, 0.2) is 0 Å². The van der Waals surface area contributed by atoms with E-state index in [9.17, 15) is 8.42 Å². The van der Waals surface area contributed by atoms with E-state index in [1.807, 2.05) is 6.92 Å². The second-order valence-corrected chi connectivity index (χ2v) is 8.10. The molecule has 0 spiro atoms. The van der Waals surface area contributed by atoms with Gasteiger partial charge in [-0.2, -0.15) is 17.0 Å². The number of hydrogen-bond donors (Lipinski definition) is 1. The Morgan fingerprint density at radius 1 is 1.15 bits per heavy atom. The summed E-state index contributed by atoms with van der Waals surface area (Å²) in [6.07, 6.45) is 6.07. The van der Waals surface area contributed by atoms with Crippen molar-refractivity contribution in [3.63, 3.8) is 0 Å². The van der Waals surface area contributed by atoms with E-state index in [0.717, 1.165) is 38.5 Å². The number of nitrogens with zero attached hydrogens (tertiary/aromatic N) is 2. The summed E-state index contributed by atoms with van der Waals surface area (Å²) in [6.45, 7) is 5.92. The van der Waals surface area contributed by atoms with E-state index >= 15 is 0 Å². The molecule has 0 amide bonds. The lowest BCUT2D eigenvalue weighted by atomic mass is 9.90. The third-order valence-corrected chi connectivity index (χ3v) is 7.16. The van der Waals surface area contributed by atoms with Crippen LogP contribution in [0.5, 0.6) is 0 Å². The molecule has 2 rings (SSSR count). The van der Waals surface area contributed by atoms with Gasteiger partial charge >= 0.3 is 0 Å². The third-order valence-electron chi connectivity index (χ3n) is 4.95. The van der Waals surface area contributed by atoms with Crippen LogP contribution in [0.1, 0.15) is 52.4 Å². The Balaban J connectivity index is 2.15. The van der Waals surface area contributed by atoms with Gasteiger partial charge in [0.15, 0.2) is 0 Å². The van der Waals surface area contributed by atoms with Gasteiger partial charge in [0.25, 0.3) is 10.2 Å². The van der Waals surface area contributed by atoms with Crippen molar-refractivity contribution in [1.82, 2.24) is 8.61 Å². The standard InChI is InChI=1S/C14H29N3O2S/c1-3-13-7-9-17(14(10-13)11-15)20(18,19)16-8-5-4-6-12(16)2/h12-14H,3-11,15H2,1-2H3. The largest absolute Gasteiger partial charge is 0.329 e. The van der Waals surface area contributed by atoms with Crippen LogP contribution in [-0.2, 0) is 10.2 Å². The van der Waals surface area contributed by atoms with Crippen LogP contribution in [0.3, 0.4) is 0 Å². The van der Waals surface area contributed by atoms with Crippen molar-refractivity contribution in [2.45, 2.75) is 64.5 Å². The molecule has 20 heavy (non-hydrogen) atoms. The fraction of sp³-hybridized carbons (Fsp3) is 1.00. The van der Waals surface area contributed by atoms with Crippen LogP contribution in [-0.4, -0.2) is 48.7 Å². The van der Waals surface area contributed by atoms with Gasteiger partial charge in [-0.05, 0) is 38.5 Å². The molecule has 0 aliphatic carbocycles. The summed E-state index contributed by atoms with van der Waals surface area (Å²) in [6, 6.07) is 0.101. The van der Waals surface area contributed by atoms with Crippen molar-refractivity contribution >= 4 is 10.2 Å². The lowest BCUT2D eigenvalue weighted by Gasteiger charge is -2.42. The lowest BCUT2D eigenvalue weighted by Crippen LogP contribution is -2.56. The Labute approximate surface area is 123 Å². The smallest absolute Gasteiger partial charge is 0.282 e. The Kier molecular flexibility index (Phi) is 5.45. The Morgan fingerprint density at radius 3 is 2.50 bits per heavy atom. The van der Waals surface area contributed by atoms with E-state index in [4.69, 9.17) is 5.73 Å². The minimum atomic E-state index is -3.34. The van der Waals surface area contributed by atoms with Crippen LogP contribution in [0.2, 0.25) is 0 Å². The zero-order valence-electron chi connectivity index (χ0n) is 12.8. The van der Waals surface area contributed by atoms with E-state index in [-0.39, 0.29) is 12.1 Å². The van der Waals surface area contributed by atoms with Gasteiger partial charge in [0.05, 0.1) is 0 Å². The summed E-state index contributed by atoms with van der Waals surface area (Å²) in [7, 11) is -3.34. The highest BCUT2D eigenvalue weighted by atomic mass is 32.2. The molecule has 2 N–H and O–H groups in total. The number of hydrogen-bond acceptors (Lipinski definition) is 3. The molecule has 0 bridgehead atoms. The quantitative estimate of drug-likeness (QED) is 0.857.